The number of rotatable bonds is 3. The Morgan fingerprint density at radius 3 is 2.82 bits per heavy atom. The molecule has 0 saturated carbocycles. The highest BCUT2D eigenvalue weighted by Crippen LogP contribution is 2.23. The number of hydrogen-bond donors (Lipinski definition) is 1. The van der Waals surface area contributed by atoms with Gasteiger partial charge in [-0.05, 0) is 24.3 Å². The summed E-state index contributed by atoms with van der Waals surface area (Å²) in [6.07, 6.45) is 1.82. The van der Waals surface area contributed by atoms with Crippen LogP contribution in [0.4, 0.5) is 5.69 Å². The van der Waals surface area contributed by atoms with Gasteiger partial charge in [0.1, 0.15) is 0 Å². The fraction of sp³-hybridized carbons (Fsp3) is 0.182. The summed E-state index contributed by atoms with van der Waals surface area (Å²) in [6, 6.07) is 6.82. The van der Waals surface area contributed by atoms with Crippen LogP contribution in [-0.2, 0) is 23.6 Å². The molecule has 1 heterocycles. The summed E-state index contributed by atoms with van der Waals surface area (Å²) < 4.78 is 13.8. The summed E-state index contributed by atoms with van der Waals surface area (Å²) in [5, 5.41) is 4.61. The molecule has 0 radical (unpaired) electrons. The molecule has 0 aliphatic carbocycles. The maximum Gasteiger partial charge on any atom is 0.0753 e. The predicted octanol–water partition coefficient (Wildman–Crippen LogP) is 1.96. The first-order chi connectivity index (χ1) is 8.06. The van der Waals surface area contributed by atoms with Crippen LogP contribution in [0.15, 0.2) is 35.4 Å². The lowest BCUT2D eigenvalue weighted by molar-refractivity contribution is 0.680. The summed E-state index contributed by atoms with van der Waals surface area (Å²) in [5.41, 5.74) is 6.92. The molecule has 1 atom stereocenters. The number of benzene rings is 1. The molecule has 2 rings (SSSR count). The minimum Gasteiger partial charge on any atom is -0.399 e. The summed E-state index contributed by atoms with van der Waals surface area (Å²) in [4.78, 5) is 0.589. The van der Waals surface area contributed by atoms with E-state index < -0.39 is 10.8 Å². The maximum absolute atomic E-state index is 12.1. The number of nitrogens with zero attached hydrogens (tertiary/aromatic N) is 2. The Morgan fingerprint density at radius 2 is 2.24 bits per heavy atom. The highest BCUT2D eigenvalue weighted by atomic mass is 35.5. The molecule has 17 heavy (non-hydrogen) atoms. The molecule has 2 aromatic rings. The SMILES string of the molecule is Cn1ccc(CS(=O)c2ccc(N)cc2Cl)n1. The molecule has 0 spiro atoms. The molecule has 0 amide bonds. The van der Waals surface area contributed by atoms with Crippen LogP contribution in [0.5, 0.6) is 0 Å². The van der Waals surface area contributed by atoms with Gasteiger partial charge < -0.3 is 5.73 Å². The second-order valence-corrected chi connectivity index (χ2v) is 5.49. The number of nitrogens with two attached hydrogens (primary N) is 1. The molecular weight excluding hydrogens is 258 g/mol. The van der Waals surface area contributed by atoms with Crippen molar-refractivity contribution in [2.45, 2.75) is 10.6 Å². The van der Waals surface area contributed by atoms with Crippen molar-refractivity contribution >= 4 is 28.1 Å². The monoisotopic (exact) mass is 269 g/mol. The van der Waals surface area contributed by atoms with Gasteiger partial charge in [0.25, 0.3) is 0 Å². The second kappa shape index (κ2) is 4.89. The molecule has 0 saturated heterocycles. The van der Waals surface area contributed by atoms with Crippen LogP contribution >= 0.6 is 11.6 Å². The Bertz CT molecular complexity index is 568. The van der Waals surface area contributed by atoms with Crippen LogP contribution in [0.1, 0.15) is 5.69 Å². The third-order valence-corrected chi connectivity index (χ3v) is 4.08. The van der Waals surface area contributed by atoms with E-state index in [1.807, 2.05) is 19.3 Å². The second-order valence-electron chi connectivity index (χ2n) is 3.66. The summed E-state index contributed by atoms with van der Waals surface area (Å²) in [7, 11) is 0.618. The van der Waals surface area contributed by atoms with Crippen molar-refractivity contribution in [3.63, 3.8) is 0 Å². The van der Waals surface area contributed by atoms with Crippen molar-refractivity contribution in [2.24, 2.45) is 7.05 Å². The molecule has 1 aromatic heterocycles. The van der Waals surface area contributed by atoms with Gasteiger partial charge in [0.2, 0.25) is 0 Å². The third kappa shape index (κ3) is 2.87. The summed E-state index contributed by atoms with van der Waals surface area (Å²) in [5.74, 6) is 0.352. The minimum atomic E-state index is -1.20. The summed E-state index contributed by atoms with van der Waals surface area (Å²) >= 11 is 6.00. The number of hydrogen-bond acceptors (Lipinski definition) is 3. The zero-order chi connectivity index (χ0) is 12.4. The average molecular weight is 270 g/mol. The molecule has 1 unspecified atom stereocenters. The van der Waals surface area contributed by atoms with Gasteiger partial charge >= 0.3 is 0 Å². The number of nitrogen functional groups attached to an aromatic ring is 1. The molecular formula is C11H12ClN3OS. The van der Waals surface area contributed by atoms with E-state index in [1.165, 1.54) is 0 Å². The Labute approximate surface area is 107 Å². The predicted molar refractivity (Wildman–Crippen MR) is 69.2 cm³/mol. The quantitative estimate of drug-likeness (QED) is 0.867. The maximum atomic E-state index is 12.1. The third-order valence-electron chi connectivity index (χ3n) is 2.25. The van der Waals surface area contributed by atoms with Crippen LogP contribution in [-0.4, -0.2) is 14.0 Å². The topological polar surface area (TPSA) is 60.9 Å². The van der Waals surface area contributed by atoms with E-state index in [1.54, 1.807) is 22.9 Å². The number of anilines is 1. The first kappa shape index (κ1) is 12.1. The van der Waals surface area contributed by atoms with Crippen molar-refractivity contribution in [2.75, 3.05) is 5.73 Å². The van der Waals surface area contributed by atoms with Crippen molar-refractivity contribution in [3.8, 4) is 0 Å². The van der Waals surface area contributed by atoms with Crippen LogP contribution in [0.25, 0.3) is 0 Å². The molecule has 4 nitrogen and oxygen atoms in total. The van der Waals surface area contributed by atoms with Crippen LogP contribution in [0.3, 0.4) is 0 Å². The number of aryl methyl sites for hydroxylation is 1. The van der Waals surface area contributed by atoms with E-state index >= 15 is 0 Å². The zero-order valence-electron chi connectivity index (χ0n) is 9.26. The molecule has 0 fully saturated rings. The molecule has 0 aliphatic heterocycles. The van der Waals surface area contributed by atoms with Crippen LogP contribution in [0.2, 0.25) is 5.02 Å². The Hall–Kier alpha value is -1.33. The van der Waals surface area contributed by atoms with E-state index in [4.69, 9.17) is 17.3 Å². The summed E-state index contributed by atoms with van der Waals surface area (Å²) in [6.45, 7) is 0. The van der Waals surface area contributed by atoms with Gasteiger partial charge in [0.05, 0.1) is 32.2 Å². The fourth-order valence-corrected chi connectivity index (χ4v) is 2.98. The fourth-order valence-electron chi connectivity index (χ4n) is 1.45. The van der Waals surface area contributed by atoms with Crippen molar-refractivity contribution in [3.05, 3.63) is 41.2 Å². The minimum absolute atomic E-state index is 0.352. The van der Waals surface area contributed by atoms with Crippen LogP contribution < -0.4 is 5.73 Å². The van der Waals surface area contributed by atoms with Crippen molar-refractivity contribution in [1.29, 1.82) is 0 Å². The van der Waals surface area contributed by atoms with E-state index in [0.717, 1.165) is 5.69 Å². The molecule has 2 N–H and O–H groups in total. The van der Waals surface area contributed by atoms with Gasteiger partial charge in [-0.25, -0.2) is 0 Å². The van der Waals surface area contributed by atoms with E-state index in [9.17, 15) is 4.21 Å². The lowest BCUT2D eigenvalue weighted by atomic mass is 10.3. The Balaban J connectivity index is 2.20. The molecule has 90 valence electrons. The normalized spacial score (nSPS) is 12.6. The lowest BCUT2D eigenvalue weighted by Crippen LogP contribution is -2.00. The van der Waals surface area contributed by atoms with Gasteiger partial charge in [-0.15, -0.1) is 0 Å². The first-order valence-corrected chi connectivity index (χ1v) is 6.68. The van der Waals surface area contributed by atoms with Gasteiger partial charge in [0.15, 0.2) is 0 Å². The van der Waals surface area contributed by atoms with Crippen molar-refractivity contribution < 1.29 is 4.21 Å². The van der Waals surface area contributed by atoms with Gasteiger partial charge in [-0.3, -0.25) is 8.89 Å². The number of halogens is 1. The highest BCUT2D eigenvalue weighted by molar-refractivity contribution is 7.84. The highest BCUT2D eigenvalue weighted by Gasteiger charge is 2.11. The Morgan fingerprint density at radius 1 is 1.47 bits per heavy atom. The standard InChI is InChI=1S/C11H12ClN3OS/c1-15-5-4-9(14-15)7-17(16)11-3-2-8(13)6-10(11)12/h2-6H,7,13H2,1H3. The van der Waals surface area contributed by atoms with E-state index in [-0.39, 0.29) is 0 Å². The number of aromatic nitrogens is 2. The lowest BCUT2D eigenvalue weighted by Gasteiger charge is -2.04. The molecule has 1 aromatic carbocycles. The zero-order valence-corrected chi connectivity index (χ0v) is 10.8. The first-order valence-electron chi connectivity index (χ1n) is 4.98. The average Bonchev–Trinajstić information content (AvgIpc) is 2.63. The molecule has 0 bridgehead atoms. The molecule has 6 heteroatoms. The smallest absolute Gasteiger partial charge is 0.0753 e. The molecule has 0 aliphatic rings. The van der Waals surface area contributed by atoms with Crippen molar-refractivity contribution in [1.82, 2.24) is 9.78 Å². The van der Waals surface area contributed by atoms with Gasteiger partial charge in [-0.1, -0.05) is 11.6 Å². The van der Waals surface area contributed by atoms with E-state index in [2.05, 4.69) is 5.10 Å². The van der Waals surface area contributed by atoms with Gasteiger partial charge in [0, 0.05) is 18.9 Å². The van der Waals surface area contributed by atoms with Gasteiger partial charge in [-0.2, -0.15) is 5.10 Å². The van der Waals surface area contributed by atoms with E-state index in [0.29, 0.717) is 21.4 Å². The van der Waals surface area contributed by atoms with Crippen LogP contribution in [0, 0.1) is 0 Å². The largest absolute Gasteiger partial charge is 0.399 e. The Kier molecular flexibility index (Phi) is 3.49.